The number of anilines is 4. The number of thiazole rings is 1. The van der Waals surface area contributed by atoms with Crippen LogP contribution in [-0.4, -0.2) is 41.2 Å². The molecule has 1 spiro atoms. The normalized spacial score (nSPS) is 17.3. The Morgan fingerprint density at radius 2 is 1.79 bits per heavy atom. The zero-order chi connectivity index (χ0) is 28.2. The van der Waals surface area contributed by atoms with Crippen LogP contribution in [0.1, 0.15) is 70.5 Å². The van der Waals surface area contributed by atoms with E-state index in [0.717, 1.165) is 67.3 Å². The number of halogens is 1. The van der Waals surface area contributed by atoms with E-state index in [1.165, 1.54) is 11.3 Å². The Morgan fingerprint density at radius 3 is 2.41 bits per heavy atom. The van der Waals surface area contributed by atoms with E-state index in [4.69, 9.17) is 16.6 Å². The lowest BCUT2D eigenvalue weighted by molar-refractivity contribution is 0.125. The third kappa shape index (κ3) is 5.35. The highest BCUT2D eigenvalue weighted by Gasteiger charge is 2.48. The van der Waals surface area contributed by atoms with Crippen molar-refractivity contribution in [3.63, 3.8) is 0 Å². The maximum Gasteiger partial charge on any atom is 0.188 e. The van der Waals surface area contributed by atoms with Crippen LogP contribution in [-0.2, 0) is 10.8 Å². The van der Waals surface area contributed by atoms with Crippen molar-refractivity contribution in [3.05, 3.63) is 57.6 Å². The van der Waals surface area contributed by atoms with Gasteiger partial charge in [-0.05, 0) is 55.6 Å². The molecule has 0 bridgehead atoms. The van der Waals surface area contributed by atoms with Crippen LogP contribution < -0.4 is 10.2 Å². The molecule has 206 valence electrons. The molecule has 0 saturated carbocycles. The van der Waals surface area contributed by atoms with Gasteiger partial charge in [0.25, 0.3) is 0 Å². The molecule has 2 N–H and O–H groups in total. The predicted molar refractivity (Wildman–Crippen MR) is 162 cm³/mol. The number of likely N-dealkylation sites (tertiary alicyclic amines) is 1. The molecular formula is C31H38ClN5OS. The van der Waals surface area contributed by atoms with Crippen LogP contribution in [0.3, 0.4) is 0 Å². The highest BCUT2D eigenvalue weighted by molar-refractivity contribution is 7.16. The van der Waals surface area contributed by atoms with Crippen LogP contribution in [0, 0.1) is 16.7 Å². The number of benzene rings is 2. The number of hydrogen-bond acceptors (Lipinski definition) is 7. The van der Waals surface area contributed by atoms with Gasteiger partial charge < -0.3 is 20.2 Å². The van der Waals surface area contributed by atoms with Crippen molar-refractivity contribution in [2.45, 2.75) is 65.2 Å². The molecule has 1 saturated heterocycles. The average Bonchev–Trinajstić information content (AvgIpc) is 3.43. The maximum atomic E-state index is 11.2. The molecule has 0 radical (unpaired) electrons. The number of rotatable bonds is 4. The third-order valence-electron chi connectivity index (χ3n) is 7.75. The number of aromatic hydroxyl groups is 1. The van der Waals surface area contributed by atoms with Crippen molar-refractivity contribution in [2.24, 2.45) is 5.41 Å². The minimum atomic E-state index is -0.230. The SMILES string of the molecule is CC(C)(C)CN1CCC2(CC1)CN(c1ccccc1Nc1nc(C(C)(C)C)c(C#N)s1)c1c(O)ccc(Cl)c12. The molecule has 39 heavy (non-hydrogen) atoms. The van der Waals surface area contributed by atoms with Gasteiger partial charge in [-0.15, -0.1) is 0 Å². The summed E-state index contributed by atoms with van der Waals surface area (Å²) in [6, 6.07) is 14.0. The molecule has 2 aliphatic rings. The number of phenolic OH excluding ortho intramolecular Hbond substituents is 1. The molecule has 8 heteroatoms. The van der Waals surface area contributed by atoms with Gasteiger partial charge in [0.05, 0.1) is 22.8 Å². The van der Waals surface area contributed by atoms with Gasteiger partial charge in [-0.2, -0.15) is 5.26 Å². The molecule has 0 unspecified atom stereocenters. The Kier molecular flexibility index (Phi) is 7.12. The summed E-state index contributed by atoms with van der Waals surface area (Å²) in [5.41, 5.74) is 4.37. The monoisotopic (exact) mass is 563 g/mol. The van der Waals surface area contributed by atoms with Gasteiger partial charge in [0.1, 0.15) is 16.7 Å². The smallest absolute Gasteiger partial charge is 0.188 e. The summed E-state index contributed by atoms with van der Waals surface area (Å²) in [6.45, 7) is 16.9. The van der Waals surface area contributed by atoms with E-state index in [-0.39, 0.29) is 22.0 Å². The molecule has 2 aromatic carbocycles. The maximum absolute atomic E-state index is 11.2. The second kappa shape index (κ2) is 9.99. The molecule has 6 nitrogen and oxygen atoms in total. The highest BCUT2D eigenvalue weighted by Crippen LogP contribution is 2.56. The van der Waals surface area contributed by atoms with E-state index in [0.29, 0.717) is 15.0 Å². The number of hydrogen-bond donors (Lipinski definition) is 2. The van der Waals surface area contributed by atoms with Crippen molar-refractivity contribution in [1.29, 1.82) is 5.26 Å². The van der Waals surface area contributed by atoms with Gasteiger partial charge in [-0.25, -0.2) is 4.98 Å². The first-order valence-corrected chi connectivity index (χ1v) is 14.8. The summed E-state index contributed by atoms with van der Waals surface area (Å²) in [7, 11) is 0. The summed E-state index contributed by atoms with van der Waals surface area (Å²) < 4.78 is 0. The van der Waals surface area contributed by atoms with E-state index >= 15 is 0 Å². The Balaban J connectivity index is 1.51. The fraction of sp³-hybridized carbons (Fsp3) is 0.484. The number of para-hydroxylation sites is 2. The number of phenols is 1. The van der Waals surface area contributed by atoms with Crippen molar-refractivity contribution in [2.75, 3.05) is 36.4 Å². The van der Waals surface area contributed by atoms with Gasteiger partial charge in [-0.1, -0.05) is 76.6 Å². The van der Waals surface area contributed by atoms with Gasteiger partial charge in [0, 0.05) is 34.5 Å². The second-order valence-corrected chi connectivity index (χ2v) is 14.6. The lowest BCUT2D eigenvalue weighted by atomic mass is 9.74. The van der Waals surface area contributed by atoms with E-state index < -0.39 is 0 Å². The topological polar surface area (TPSA) is 75.4 Å². The third-order valence-corrected chi connectivity index (χ3v) is 8.94. The molecule has 3 aromatic rings. The van der Waals surface area contributed by atoms with Crippen LogP contribution >= 0.6 is 22.9 Å². The van der Waals surface area contributed by atoms with Crippen LogP contribution in [0.2, 0.25) is 5.02 Å². The summed E-state index contributed by atoms with van der Waals surface area (Å²) in [6.07, 6.45) is 1.97. The first-order chi connectivity index (χ1) is 18.3. The summed E-state index contributed by atoms with van der Waals surface area (Å²) in [5, 5.41) is 25.8. The fourth-order valence-corrected chi connectivity index (χ4v) is 7.44. The summed E-state index contributed by atoms with van der Waals surface area (Å²) in [4.78, 5) is 10.2. The van der Waals surface area contributed by atoms with E-state index in [9.17, 15) is 10.4 Å². The van der Waals surface area contributed by atoms with Crippen molar-refractivity contribution >= 4 is 45.1 Å². The molecule has 1 fully saturated rings. The van der Waals surface area contributed by atoms with Crippen LogP contribution in [0.4, 0.5) is 22.2 Å². The average molecular weight is 564 g/mol. The Hall–Kier alpha value is -2.79. The standard InChI is InChI=1S/C31H38ClN5OS/c1-29(2,3)18-36-15-13-31(14-16-36)19-37(26-23(38)12-11-20(32)25(26)31)22-10-8-7-9-21(22)34-28-35-27(30(4,5)6)24(17-33)39-28/h7-12,38H,13-16,18-19H2,1-6H3,(H,34,35). The molecule has 0 amide bonds. The highest BCUT2D eigenvalue weighted by atomic mass is 35.5. The van der Waals surface area contributed by atoms with Crippen molar-refractivity contribution in [1.82, 2.24) is 9.88 Å². The molecule has 1 aromatic heterocycles. The Labute approximate surface area is 241 Å². The van der Waals surface area contributed by atoms with Crippen molar-refractivity contribution < 1.29 is 5.11 Å². The minimum Gasteiger partial charge on any atom is -0.506 e. The molecule has 2 aliphatic heterocycles. The quantitative estimate of drug-likeness (QED) is 0.335. The largest absolute Gasteiger partial charge is 0.506 e. The number of nitriles is 1. The number of nitrogens with zero attached hydrogens (tertiary/aromatic N) is 4. The zero-order valence-corrected chi connectivity index (χ0v) is 25.3. The molecule has 0 atom stereocenters. The second-order valence-electron chi connectivity index (χ2n) is 13.2. The minimum absolute atomic E-state index is 0.138. The van der Waals surface area contributed by atoms with Crippen LogP contribution in [0.25, 0.3) is 0 Å². The van der Waals surface area contributed by atoms with Gasteiger partial charge >= 0.3 is 0 Å². The molecule has 3 heterocycles. The van der Waals surface area contributed by atoms with E-state index in [1.54, 1.807) is 6.07 Å². The Bertz CT molecular complexity index is 1420. The number of piperidine rings is 1. The lowest BCUT2D eigenvalue weighted by Gasteiger charge is -2.42. The summed E-state index contributed by atoms with van der Waals surface area (Å²) >= 11 is 8.27. The fourth-order valence-electron chi connectivity index (χ4n) is 6.11. The lowest BCUT2D eigenvalue weighted by Crippen LogP contribution is -2.46. The van der Waals surface area contributed by atoms with Gasteiger partial charge in [0.2, 0.25) is 0 Å². The van der Waals surface area contributed by atoms with Crippen LogP contribution in [0.5, 0.6) is 5.75 Å². The zero-order valence-electron chi connectivity index (χ0n) is 23.7. The summed E-state index contributed by atoms with van der Waals surface area (Å²) in [5.74, 6) is 0.245. The van der Waals surface area contributed by atoms with Gasteiger partial charge in [0.15, 0.2) is 5.13 Å². The molecular weight excluding hydrogens is 526 g/mol. The number of fused-ring (bicyclic) bond motifs is 2. The number of aromatic nitrogens is 1. The Morgan fingerprint density at radius 1 is 1.10 bits per heavy atom. The van der Waals surface area contributed by atoms with Gasteiger partial charge in [-0.3, -0.25) is 0 Å². The van der Waals surface area contributed by atoms with E-state index in [2.05, 4.69) is 68.8 Å². The molecule has 5 rings (SSSR count). The molecule has 0 aliphatic carbocycles. The van der Waals surface area contributed by atoms with E-state index in [1.807, 2.05) is 24.3 Å². The van der Waals surface area contributed by atoms with Crippen LogP contribution in [0.15, 0.2) is 36.4 Å². The predicted octanol–water partition coefficient (Wildman–Crippen LogP) is 7.95. The van der Waals surface area contributed by atoms with Crippen molar-refractivity contribution in [3.8, 4) is 11.8 Å². The first kappa shape index (κ1) is 27.8. The number of nitrogens with one attached hydrogen (secondary N) is 1. The first-order valence-electron chi connectivity index (χ1n) is 13.6.